The highest BCUT2D eigenvalue weighted by Crippen LogP contribution is 2.29. The highest BCUT2D eigenvalue weighted by atomic mass is 35.5. The molecule has 26 heavy (non-hydrogen) atoms. The fourth-order valence-corrected chi connectivity index (χ4v) is 6.22. The van der Waals surface area contributed by atoms with Crippen LogP contribution in [-0.4, -0.2) is 60.7 Å². The normalized spacial score (nSPS) is 19.8. The summed E-state index contributed by atoms with van der Waals surface area (Å²) >= 11 is 7.42. The zero-order chi connectivity index (χ0) is 18.7. The standard InChI is InChI=1S/C17H22ClFN2O3S2/c18-15-11-14(5-6-16(15)19)26(23,24)21-9-7-20(8-10-21)17(22)12-25-13-3-1-2-4-13/h5-6,11,13H,1-4,7-10,12H2. The third-order valence-corrected chi connectivity index (χ3v) is 8.41. The summed E-state index contributed by atoms with van der Waals surface area (Å²) in [6.07, 6.45) is 4.86. The summed E-state index contributed by atoms with van der Waals surface area (Å²) in [5.41, 5.74) is 0. The van der Waals surface area contributed by atoms with Crippen LogP contribution in [0.3, 0.4) is 0 Å². The molecular weight excluding hydrogens is 399 g/mol. The van der Waals surface area contributed by atoms with Crippen molar-refractivity contribution in [2.45, 2.75) is 35.8 Å². The predicted molar refractivity (Wildman–Crippen MR) is 101 cm³/mol. The van der Waals surface area contributed by atoms with Crippen molar-refractivity contribution in [1.29, 1.82) is 0 Å². The number of hydrogen-bond donors (Lipinski definition) is 0. The highest BCUT2D eigenvalue weighted by Gasteiger charge is 2.30. The lowest BCUT2D eigenvalue weighted by Crippen LogP contribution is -2.51. The van der Waals surface area contributed by atoms with Crippen molar-refractivity contribution >= 4 is 39.3 Å². The summed E-state index contributed by atoms with van der Waals surface area (Å²) in [5.74, 6) is -0.116. The molecule has 1 aliphatic heterocycles. The Morgan fingerprint density at radius 2 is 1.85 bits per heavy atom. The lowest BCUT2D eigenvalue weighted by atomic mass is 10.3. The minimum absolute atomic E-state index is 0.0273. The predicted octanol–water partition coefficient (Wildman–Crippen LogP) is 2.99. The molecule has 0 bridgehead atoms. The number of halogens is 2. The van der Waals surface area contributed by atoms with Gasteiger partial charge in [0.05, 0.1) is 15.7 Å². The maximum atomic E-state index is 13.3. The molecule has 0 radical (unpaired) electrons. The molecule has 0 N–H and O–H groups in total. The molecule has 1 saturated carbocycles. The van der Waals surface area contributed by atoms with Crippen LogP contribution in [0.2, 0.25) is 5.02 Å². The maximum absolute atomic E-state index is 13.3. The third kappa shape index (κ3) is 4.52. The van der Waals surface area contributed by atoms with Gasteiger partial charge in [0.2, 0.25) is 15.9 Å². The van der Waals surface area contributed by atoms with Crippen LogP contribution in [0.25, 0.3) is 0 Å². The highest BCUT2D eigenvalue weighted by molar-refractivity contribution is 8.00. The maximum Gasteiger partial charge on any atom is 0.243 e. The van der Waals surface area contributed by atoms with E-state index in [0.29, 0.717) is 24.1 Å². The first-order valence-electron chi connectivity index (χ1n) is 8.72. The summed E-state index contributed by atoms with van der Waals surface area (Å²) < 4.78 is 39.9. The molecule has 1 aliphatic carbocycles. The summed E-state index contributed by atoms with van der Waals surface area (Å²) in [5, 5.41) is 0.368. The van der Waals surface area contributed by atoms with Crippen molar-refractivity contribution in [3.05, 3.63) is 29.0 Å². The number of sulfonamides is 1. The molecule has 2 fully saturated rings. The summed E-state index contributed by atoms with van der Waals surface area (Å²) in [7, 11) is -3.74. The Balaban J connectivity index is 1.55. The lowest BCUT2D eigenvalue weighted by molar-refractivity contribution is -0.129. The summed E-state index contributed by atoms with van der Waals surface area (Å²) in [6, 6.07) is 3.39. The van der Waals surface area contributed by atoms with Crippen LogP contribution in [-0.2, 0) is 14.8 Å². The molecule has 1 aromatic carbocycles. The number of carbonyl (C=O) groups is 1. The van der Waals surface area contributed by atoms with E-state index in [1.807, 2.05) is 0 Å². The van der Waals surface area contributed by atoms with Gasteiger partial charge in [-0.25, -0.2) is 12.8 Å². The second-order valence-electron chi connectivity index (χ2n) is 6.58. The van der Waals surface area contributed by atoms with Gasteiger partial charge in [-0.1, -0.05) is 24.4 Å². The van der Waals surface area contributed by atoms with Crippen molar-refractivity contribution in [3.63, 3.8) is 0 Å². The monoisotopic (exact) mass is 420 g/mol. The molecule has 1 saturated heterocycles. The fraction of sp³-hybridized carbons (Fsp3) is 0.588. The number of hydrogen-bond acceptors (Lipinski definition) is 4. The van der Waals surface area contributed by atoms with Crippen molar-refractivity contribution in [1.82, 2.24) is 9.21 Å². The van der Waals surface area contributed by atoms with Crippen LogP contribution in [0.15, 0.2) is 23.1 Å². The third-order valence-electron chi connectivity index (χ3n) is 4.86. The Bertz CT molecular complexity index is 761. The number of nitrogens with zero attached hydrogens (tertiary/aromatic N) is 2. The van der Waals surface area contributed by atoms with Crippen molar-refractivity contribution < 1.29 is 17.6 Å². The van der Waals surface area contributed by atoms with Gasteiger partial charge in [0.15, 0.2) is 0 Å². The average molecular weight is 421 g/mol. The first-order chi connectivity index (χ1) is 12.4. The van der Waals surface area contributed by atoms with Gasteiger partial charge in [0.1, 0.15) is 5.82 Å². The van der Waals surface area contributed by atoms with Gasteiger partial charge >= 0.3 is 0 Å². The first-order valence-corrected chi connectivity index (χ1v) is 11.6. The molecule has 1 amide bonds. The molecule has 3 rings (SSSR count). The van der Waals surface area contributed by atoms with E-state index < -0.39 is 15.8 Å². The van der Waals surface area contributed by atoms with E-state index in [4.69, 9.17) is 11.6 Å². The van der Waals surface area contributed by atoms with Crippen LogP contribution in [0, 0.1) is 5.82 Å². The van der Waals surface area contributed by atoms with Crippen LogP contribution in [0.4, 0.5) is 4.39 Å². The van der Waals surface area contributed by atoms with Gasteiger partial charge in [-0.05, 0) is 31.0 Å². The molecular formula is C17H22ClFN2O3S2. The Kier molecular flexibility index (Phi) is 6.48. The number of thioether (sulfide) groups is 1. The van der Waals surface area contributed by atoms with Gasteiger partial charge in [0, 0.05) is 31.4 Å². The zero-order valence-corrected chi connectivity index (χ0v) is 16.8. The van der Waals surface area contributed by atoms with Gasteiger partial charge in [-0.3, -0.25) is 4.79 Å². The molecule has 1 heterocycles. The summed E-state index contributed by atoms with van der Waals surface area (Å²) in [6.45, 7) is 1.21. The van der Waals surface area contributed by atoms with Gasteiger partial charge in [0.25, 0.3) is 0 Å². The SMILES string of the molecule is O=C(CSC1CCCC1)N1CCN(S(=O)(=O)c2ccc(F)c(Cl)c2)CC1. The van der Waals surface area contributed by atoms with Crippen LogP contribution in [0.5, 0.6) is 0 Å². The molecule has 0 aromatic heterocycles. The number of carbonyl (C=O) groups excluding carboxylic acids is 1. The van der Waals surface area contributed by atoms with Crippen LogP contribution >= 0.6 is 23.4 Å². The Morgan fingerprint density at radius 1 is 1.19 bits per heavy atom. The number of piperazine rings is 1. The van der Waals surface area contributed by atoms with E-state index in [-0.39, 0.29) is 28.9 Å². The minimum atomic E-state index is -3.74. The van der Waals surface area contributed by atoms with Crippen molar-refractivity contribution in [3.8, 4) is 0 Å². The minimum Gasteiger partial charge on any atom is -0.339 e. The summed E-state index contributed by atoms with van der Waals surface area (Å²) in [4.78, 5) is 14.0. The molecule has 0 unspecified atom stereocenters. The largest absolute Gasteiger partial charge is 0.339 e. The second kappa shape index (κ2) is 8.46. The van der Waals surface area contributed by atoms with Crippen molar-refractivity contribution in [2.24, 2.45) is 0 Å². The second-order valence-corrected chi connectivity index (χ2v) is 10.2. The molecule has 5 nitrogen and oxygen atoms in total. The molecule has 1 aromatic rings. The average Bonchev–Trinajstić information content (AvgIpc) is 3.15. The molecule has 144 valence electrons. The Hall–Kier alpha value is -0.830. The molecule has 2 aliphatic rings. The Morgan fingerprint density at radius 3 is 2.46 bits per heavy atom. The van der Waals surface area contributed by atoms with E-state index in [9.17, 15) is 17.6 Å². The van der Waals surface area contributed by atoms with Gasteiger partial charge in [-0.15, -0.1) is 11.8 Å². The zero-order valence-electron chi connectivity index (χ0n) is 14.4. The van der Waals surface area contributed by atoms with Crippen LogP contribution < -0.4 is 0 Å². The quantitative estimate of drug-likeness (QED) is 0.734. The van der Waals surface area contributed by atoms with E-state index in [1.54, 1.807) is 16.7 Å². The fourth-order valence-electron chi connectivity index (χ4n) is 3.30. The lowest BCUT2D eigenvalue weighted by Gasteiger charge is -2.34. The Labute approximate surface area is 162 Å². The van der Waals surface area contributed by atoms with E-state index in [2.05, 4.69) is 0 Å². The topological polar surface area (TPSA) is 57.7 Å². The number of amides is 1. The number of benzene rings is 1. The van der Waals surface area contributed by atoms with E-state index >= 15 is 0 Å². The van der Waals surface area contributed by atoms with E-state index in [0.717, 1.165) is 12.1 Å². The molecule has 0 atom stereocenters. The van der Waals surface area contributed by atoms with E-state index in [1.165, 1.54) is 36.1 Å². The van der Waals surface area contributed by atoms with Gasteiger partial charge < -0.3 is 4.90 Å². The van der Waals surface area contributed by atoms with Crippen LogP contribution in [0.1, 0.15) is 25.7 Å². The number of rotatable bonds is 5. The molecule has 0 spiro atoms. The molecule has 9 heteroatoms. The van der Waals surface area contributed by atoms with Crippen molar-refractivity contribution in [2.75, 3.05) is 31.9 Å². The van der Waals surface area contributed by atoms with Gasteiger partial charge in [-0.2, -0.15) is 4.31 Å². The smallest absolute Gasteiger partial charge is 0.243 e. The first kappa shape index (κ1) is 19.9.